The van der Waals surface area contributed by atoms with Crippen LogP contribution >= 0.6 is 0 Å². The molecule has 1 aromatic rings. The summed E-state index contributed by atoms with van der Waals surface area (Å²) in [5.74, 6) is 0.155. The zero-order chi connectivity index (χ0) is 14.4. The van der Waals surface area contributed by atoms with E-state index in [0.717, 1.165) is 13.0 Å². The van der Waals surface area contributed by atoms with Crippen LogP contribution in [-0.2, 0) is 11.2 Å². The maximum absolute atomic E-state index is 12.1. The molecule has 1 aliphatic heterocycles. The Hall–Kier alpha value is -1.35. The van der Waals surface area contributed by atoms with Crippen LogP contribution in [0.3, 0.4) is 0 Å². The van der Waals surface area contributed by atoms with Crippen molar-refractivity contribution in [3.05, 3.63) is 35.9 Å². The van der Waals surface area contributed by atoms with Crippen molar-refractivity contribution in [2.75, 3.05) is 13.1 Å². The standard InChI is InChI=1S/C17H26N2O/c1-14(12-16-9-4-3-5-10-16)18-17(20)13-19-11-7-6-8-15(19)2/h3-5,9-10,14-15H,6-8,11-13H2,1-2H3,(H,18,20). The van der Waals surface area contributed by atoms with Crippen LogP contribution in [0.5, 0.6) is 0 Å². The van der Waals surface area contributed by atoms with Crippen LogP contribution in [0.15, 0.2) is 30.3 Å². The molecule has 1 amide bonds. The van der Waals surface area contributed by atoms with Crippen molar-refractivity contribution in [1.82, 2.24) is 10.2 Å². The lowest BCUT2D eigenvalue weighted by Crippen LogP contribution is -2.46. The first-order chi connectivity index (χ1) is 9.65. The minimum absolute atomic E-state index is 0.155. The van der Waals surface area contributed by atoms with E-state index in [1.165, 1.54) is 24.8 Å². The van der Waals surface area contributed by atoms with E-state index in [2.05, 4.69) is 36.2 Å². The van der Waals surface area contributed by atoms with Gasteiger partial charge in [0.1, 0.15) is 0 Å². The predicted molar refractivity (Wildman–Crippen MR) is 82.6 cm³/mol. The summed E-state index contributed by atoms with van der Waals surface area (Å²) in [5.41, 5.74) is 1.27. The Morgan fingerprint density at radius 1 is 1.35 bits per heavy atom. The van der Waals surface area contributed by atoms with Crippen LogP contribution in [0.2, 0.25) is 0 Å². The van der Waals surface area contributed by atoms with Crippen LogP contribution in [0.1, 0.15) is 38.7 Å². The van der Waals surface area contributed by atoms with E-state index >= 15 is 0 Å². The number of carbonyl (C=O) groups is 1. The summed E-state index contributed by atoms with van der Waals surface area (Å²) in [7, 11) is 0. The number of benzene rings is 1. The number of piperidine rings is 1. The third kappa shape index (κ3) is 4.64. The molecule has 1 saturated heterocycles. The second kappa shape index (κ2) is 7.44. The van der Waals surface area contributed by atoms with Gasteiger partial charge in [-0.2, -0.15) is 0 Å². The van der Waals surface area contributed by atoms with Crippen molar-refractivity contribution in [2.45, 2.75) is 51.6 Å². The molecule has 2 unspecified atom stereocenters. The highest BCUT2D eigenvalue weighted by atomic mass is 16.2. The van der Waals surface area contributed by atoms with Gasteiger partial charge in [0.25, 0.3) is 0 Å². The largest absolute Gasteiger partial charge is 0.352 e. The molecular formula is C17H26N2O. The first kappa shape index (κ1) is 15.0. The van der Waals surface area contributed by atoms with E-state index in [9.17, 15) is 4.79 Å². The molecule has 0 bridgehead atoms. The highest BCUT2D eigenvalue weighted by Crippen LogP contribution is 2.15. The highest BCUT2D eigenvalue weighted by molar-refractivity contribution is 5.78. The quantitative estimate of drug-likeness (QED) is 0.895. The van der Waals surface area contributed by atoms with Crippen LogP contribution in [0, 0.1) is 0 Å². The van der Waals surface area contributed by atoms with Gasteiger partial charge in [-0.05, 0) is 45.2 Å². The van der Waals surface area contributed by atoms with Gasteiger partial charge in [-0.1, -0.05) is 36.8 Å². The van der Waals surface area contributed by atoms with Crippen molar-refractivity contribution in [3.63, 3.8) is 0 Å². The summed E-state index contributed by atoms with van der Waals surface area (Å²) in [6.07, 6.45) is 4.62. The van der Waals surface area contributed by atoms with Crippen LogP contribution < -0.4 is 5.32 Å². The van der Waals surface area contributed by atoms with Gasteiger partial charge in [0.05, 0.1) is 6.54 Å². The smallest absolute Gasteiger partial charge is 0.234 e. The van der Waals surface area contributed by atoms with E-state index in [1.54, 1.807) is 0 Å². The Labute approximate surface area is 122 Å². The number of nitrogens with zero attached hydrogens (tertiary/aromatic N) is 1. The molecule has 2 rings (SSSR count). The summed E-state index contributed by atoms with van der Waals surface area (Å²) in [4.78, 5) is 14.4. The Balaban J connectivity index is 1.76. The van der Waals surface area contributed by atoms with E-state index in [0.29, 0.717) is 12.6 Å². The minimum Gasteiger partial charge on any atom is -0.352 e. The molecule has 3 heteroatoms. The molecule has 1 N–H and O–H groups in total. The van der Waals surface area contributed by atoms with Crippen molar-refractivity contribution < 1.29 is 4.79 Å². The molecule has 0 spiro atoms. The molecule has 1 aromatic carbocycles. The van der Waals surface area contributed by atoms with Crippen LogP contribution in [0.4, 0.5) is 0 Å². The van der Waals surface area contributed by atoms with E-state index in [4.69, 9.17) is 0 Å². The molecule has 0 radical (unpaired) electrons. The molecule has 1 heterocycles. The van der Waals surface area contributed by atoms with Crippen molar-refractivity contribution in [1.29, 1.82) is 0 Å². The van der Waals surface area contributed by atoms with E-state index < -0.39 is 0 Å². The average molecular weight is 274 g/mol. The van der Waals surface area contributed by atoms with Crippen LogP contribution in [-0.4, -0.2) is 36.0 Å². The van der Waals surface area contributed by atoms with Gasteiger partial charge in [-0.15, -0.1) is 0 Å². The molecule has 0 aliphatic carbocycles. The van der Waals surface area contributed by atoms with Gasteiger partial charge < -0.3 is 5.32 Å². The average Bonchev–Trinajstić information content (AvgIpc) is 2.42. The number of likely N-dealkylation sites (tertiary alicyclic amines) is 1. The second-order valence-corrected chi connectivity index (χ2v) is 5.97. The van der Waals surface area contributed by atoms with Gasteiger partial charge >= 0.3 is 0 Å². The SMILES string of the molecule is CC(Cc1ccccc1)NC(=O)CN1CCCCC1C. The van der Waals surface area contributed by atoms with Gasteiger partial charge in [-0.25, -0.2) is 0 Å². The van der Waals surface area contributed by atoms with E-state index in [-0.39, 0.29) is 11.9 Å². The number of amides is 1. The molecule has 2 atom stereocenters. The Morgan fingerprint density at radius 2 is 2.10 bits per heavy atom. The number of rotatable bonds is 5. The molecule has 3 nitrogen and oxygen atoms in total. The predicted octanol–water partition coefficient (Wildman–Crippen LogP) is 2.61. The summed E-state index contributed by atoms with van der Waals surface area (Å²) in [6, 6.07) is 11.0. The number of hydrogen-bond acceptors (Lipinski definition) is 2. The maximum atomic E-state index is 12.1. The fraction of sp³-hybridized carbons (Fsp3) is 0.588. The van der Waals surface area contributed by atoms with Crippen molar-refractivity contribution >= 4 is 5.91 Å². The van der Waals surface area contributed by atoms with Gasteiger partial charge in [0.2, 0.25) is 5.91 Å². The summed E-state index contributed by atoms with van der Waals surface area (Å²) in [5, 5.41) is 3.12. The highest BCUT2D eigenvalue weighted by Gasteiger charge is 2.20. The van der Waals surface area contributed by atoms with Crippen molar-refractivity contribution in [3.8, 4) is 0 Å². The summed E-state index contributed by atoms with van der Waals surface area (Å²) in [6.45, 7) is 5.90. The summed E-state index contributed by atoms with van der Waals surface area (Å²) >= 11 is 0. The molecule has 0 saturated carbocycles. The lowest BCUT2D eigenvalue weighted by Gasteiger charge is -2.32. The zero-order valence-electron chi connectivity index (χ0n) is 12.6. The fourth-order valence-electron chi connectivity index (χ4n) is 2.92. The molecule has 1 aliphatic rings. The lowest BCUT2D eigenvalue weighted by molar-refractivity contribution is -0.123. The number of carbonyl (C=O) groups excluding carboxylic acids is 1. The second-order valence-electron chi connectivity index (χ2n) is 5.97. The molecule has 1 fully saturated rings. The molecule has 110 valence electrons. The first-order valence-corrected chi connectivity index (χ1v) is 7.72. The Morgan fingerprint density at radius 3 is 2.80 bits per heavy atom. The number of hydrogen-bond donors (Lipinski definition) is 1. The molecule has 20 heavy (non-hydrogen) atoms. The number of nitrogens with one attached hydrogen (secondary N) is 1. The maximum Gasteiger partial charge on any atom is 0.234 e. The minimum atomic E-state index is 0.155. The van der Waals surface area contributed by atoms with Crippen LogP contribution in [0.25, 0.3) is 0 Å². The van der Waals surface area contributed by atoms with Gasteiger partial charge in [0.15, 0.2) is 0 Å². The molecule has 0 aromatic heterocycles. The summed E-state index contributed by atoms with van der Waals surface area (Å²) < 4.78 is 0. The fourth-order valence-corrected chi connectivity index (χ4v) is 2.92. The zero-order valence-corrected chi connectivity index (χ0v) is 12.6. The Bertz CT molecular complexity index is 418. The third-order valence-corrected chi connectivity index (χ3v) is 4.08. The lowest BCUT2D eigenvalue weighted by atomic mass is 10.0. The Kier molecular flexibility index (Phi) is 5.60. The normalized spacial score (nSPS) is 21.4. The van der Waals surface area contributed by atoms with E-state index in [1.807, 2.05) is 18.2 Å². The van der Waals surface area contributed by atoms with Gasteiger partial charge in [0, 0.05) is 12.1 Å². The third-order valence-electron chi connectivity index (χ3n) is 4.08. The first-order valence-electron chi connectivity index (χ1n) is 7.72. The van der Waals surface area contributed by atoms with Crippen molar-refractivity contribution in [2.24, 2.45) is 0 Å². The molecular weight excluding hydrogens is 248 g/mol. The van der Waals surface area contributed by atoms with Gasteiger partial charge in [-0.3, -0.25) is 9.69 Å². The monoisotopic (exact) mass is 274 g/mol. The topological polar surface area (TPSA) is 32.3 Å².